The van der Waals surface area contributed by atoms with Gasteiger partial charge >= 0.3 is 0 Å². The van der Waals surface area contributed by atoms with Gasteiger partial charge in [0.15, 0.2) is 6.29 Å². The Morgan fingerprint density at radius 3 is 2.57 bits per heavy atom. The van der Waals surface area contributed by atoms with Crippen molar-refractivity contribution in [3.63, 3.8) is 0 Å². The minimum absolute atomic E-state index is 0.0842. The number of piperidine rings is 1. The summed E-state index contributed by atoms with van der Waals surface area (Å²) >= 11 is 1.27. The Balaban J connectivity index is 1.25. The van der Waals surface area contributed by atoms with E-state index in [1.165, 1.54) is 11.8 Å². The smallest absolute Gasteiger partial charge is 0.277 e. The van der Waals surface area contributed by atoms with Crippen LogP contribution in [0.2, 0.25) is 0 Å². The molecule has 150 valence electrons. The maximum Gasteiger partial charge on any atom is 0.277 e. The Morgan fingerprint density at radius 2 is 1.89 bits per heavy atom. The molecule has 3 heterocycles. The third-order valence-electron chi connectivity index (χ3n) is 4.99. The minimum Gasteiger partial charge on any atom is -0.497 e. The third-order valence-corrected chi connectivity index (χ3v) is 5.79. The van der Waals surface area contributed by atoms with Gasteiger partial charge in [0.1, 0.15) is 5.75 Å². The van der Waals surface area contributed by atoms with Crippen molar-refractivity contribution in [2.75, 3.05) is 39.2 Å². The average Bonchev–Trinajstić information content (AvgIpc) is 3.44. The summed E-state index contributed by atoms with van der Waals surface area (Å²) in [6.07, 6.45) is 1.72. The molecule has 0 radical (unpaired) electrons. The Hall–Kier alpha value is -2.10. The standard InChI is InChI=1S/C19H23N3O5S/c1-24-15-4-2-13(3-5-15)17-20-21-19(27-17)28-12-16(23)22-8-6-14(7-9-22)18-25-10-11-26-18/h2-5,14,18H,6-12H2,1H3. The normalized spacial score (nSPS) is 18.5. The summed E-state index contributed by atoms with van der Waals surface area (Å²) in [7, 11) is 1.62. The first-order valence-electron chi connectivity index (χ1n) is 9.34. The summed E-state index contributed by atoms with van der Waals surface area (Å²) in [5, 5.41) is 8.47. The van der Waals surface area contributed by atoms with Crippen LogP contribution >= 0.6 is 11.8 Å². The van der Waals surface area contributed by atoms with E-state index in [0.717, 1.165) is 37.2 Å². The predicted octanol–water partition coefficient (Wildman–Crippen LogP) is 2.45. The topological polar surface area (TPSA) is 86.9 Å². The second kappa shape index (κ2) is 8.93. The van der Waals surface area contributed by atoms with Crippen molar-refractivity contribution in [1.82, 2.24) is 15.1 Å². The molecule has 2 saturated heterocycles. The van der Waals surface area contributed by atoms with Crippen LogP contribution in [0.15, 0.2) is 33.9 Å². The fourth-order valence-electron chi connectivity index (χ4n) is 3.40. The van der Waals surface area contributed by atoms with E-state index in [4.69, 9.17) is 18.6 Å². The first-order valence-corrected chi connectivity index (χ1v) is 10.3. The van der Waals surface area contributed by atoms with E-state index in [9.17, 15) is 4.79 Å². The highest BCUT2D eigenvalue weighted by Gasteiger charge is 2.31. The summed E-state index contributed by atoms with van der Waals surface area (Å²) in [5.74, 6) is 1.93. The van der Waals surface area contributed by atoms with Crippen molar-refractivity contribution in [2.45, 2.75) is 24.4 Å². The van der Waals surface area contributed by atoms with Crippen LogP contribution in [-0.4, -0.2) is 66.5 Å². The number of methoxy groups -OCH3 is 1. The Labute approximate surface area is 167 Å². The molecule has 1 amide bonds. The fourth-order valence-corrected chi connectivity index (χ4v) is 4.07. The zero-order valence-electron chi connectivity index (χ0n) is 15.7. The van der Waals surface area contributed by atoms with Crippen LogP contribution in [0.3, 0.4) is 0 Å². The molecule has 1 aromatic carbocycles. The highest BCUT2D eigenvalue weighted by Crippen LogP contribution is 2.28. The maximum atomic E-state index is 12.5. The molecule has 0 saturated carbocycles. The number of amides is 1. The first kappa shape index (κ1) is 19.2. The number of benzene rings is 1. The van der Waals surface area contributed by atoms with Crippen molar-refractivity contribution in [2.24, 2.45) is 5.92 Å². The number of thioether (sulfide) groups is 1. The highest BCUT2D eigenvalue weighted by molar-refractivity contribution is 7.99. The van der Waals surface area contributed by atoms with E-state index < -0.39 is 0 Å². The molecule has 28 heavy (non-hydrogen) atoms. The van der Waals surface area contributed by atoms with Gasteiger partial charge in [0.25, 0.3) is 5.22 Å². The van der Waals surface area contributed by atoms with E-state index in [1.54, 1.807) is 7.11 Å². The summed E-state index contributed by atoms with van der Waals surface area (Å²) in [6, 6.07) is 7.38. The molecule has 1 aromatic heterocycles. The molecule has 2 aromatic rings. The lowest BCUT2D eigenvalue weighted by Crippen LogP contribution is -2.42. The van der Waals surface area contributed by atoms with Crippen LogP contribution in [0.1, 0.15) is 12.8 Å². The largest absolute Gasteiger partial charge is 0.497 e. The summed E-state index contributed by atoms with van der Waals surface area (Å²) in [4.78, 5) is 14.4. The zero-order valence-corrected chi connectivity index (χ0v) is 16.5. The SMILES string of the molecule is COc1ccc(-c2nnc(SCC(=O)N3CCC(C4OCCO4)CC3)o2)cc1. The van der Waals surface area contributed by atoms with Crippen molar-refractivity contribution in [3.8, 4) is 17.2 Å². The monoisotopic (exact) mass is 405 g/mol. The third kappa shape index (κ3) is 4.48. The lowest BCUT2D eigenvalue weighted by Gasteiger charge is -2.33. The molecule has 9 heteroatoms. The van der Waals surface area contributed by atoms with Crippen LogP contribution in [0, 0.1) is 5.92 Å². The molecule has 4 rings (SSSR count). The van der Waals surface area contributed by atoms with E-state index in [0.29, 0.717) is 30.2 Å². The van der Waals surface area contributed by atoms with Crippen LogP contribution in [0.4, 0.5) is 0 Å². The number of ether oxygens (including phenoxy) is 3. The molecule has 0 N–H and O–H groups in total. The lowest BCUT2D eigenvalue weighted by molar-refractivity contribution is -0.134. The summed E-state index contributed by atoms with van der Waals surface area (Å²) < 4.78 is 22.0. The fraction of sp³-hybridized carbons (Fsp3) is 0.526. The zero-order chi connectivity index (χ0) is 19.3. The molecule has 0 atom stereocenters. The maximum absolute atomic E-state index is 12.5. The highest BCUT2D eigenvalue weighted by atomic mass is 32.2. The Bertz CT molecular complexity index is 783. The molecule has 0 aliphatic carbocycles. The van der Waals surface area contributed by atoms with Gasteiger partial charge in [0.05, 0.1) is 26.1 Å². The molecular formula is C19H23N3O5S. The van der Waals surface area contributed by atoms with Crippen LogP contribution in [0.25, 0.3) is 11.5 Å². The molecule has 0 bridgehead atoms. The van der Waals surface area contributed by atoms with Crippen molar-refractivity contribution in [3.05, 3.63) is 24.3 Å². The van der Waals surface area contributed by atoms with Crippen molar-refractivity contribution < 1.29 is 23.4 Å². The Kier molecular flexibility index (Phi) is 6.13. The van der Waals surface area contributed by atoms with Gasteiger partial charge in [0, 0.05) is 24.6 Å². The number of aromatic nitrogens is 2. The molecule has 2 aliphatic heterocycles. The van der Waals surface area contributed by atoms with E-state index in [-0.39, 0.29) is 18.0 Å². The minimum atomic E-state index is -0.0959. The van der Waals surface area contributed by atoms with Gasteiger partial charge in [-0.1, -0.05) is 11.8 Å². The van der Waals surface area contributed by atoms with Crippen molar-refractivity contribution >= 4 is 17.7 Å². The number of rotatable bonds is 6. The molecular weight excluding hydrogens is 382 g/mol. The summed E-state index contributed by atoms with van der Waals surface area (Å²) in [5.41, 5.74) is 0.810. The first-order chi connectivity index (χ1) is 13.7. The number of nitrogens with zero attached hydrogens (tertiary/aromatic N) is 3. The van der Waals surface area contributed by atoms with Gasteiger partial charge in [-0.05, 0) is 37.1 Å². The second-order valence-electron chi connectivity index (χ2n) is 6.72. The average molecular weight is 405 g/mol. The Morgan fingerprint density at radius 1 is 1.18 bits per heavy atom. The van der Waals surface area contributed by atoms with Crippen LogP contribution in [-0.2, 0) is 14.3 Å². The number of hydrogen-bond acceptors (Lipinski definition) is 8. The van der Waals surface area contributed by atoms with E-state index in [2.05, 4.69) is 10.2 Å². The van der Waals surface area contributed by atoms with Crippen LogP contribution in [0.5, 0.6) is 5.75 Å². The molecule has 0 spiro atoms. The lowest BCUT2D eigenvalue weighted by atomic mass is 9.96. The molecule has 0 unspecified atom stereocenters. The van der Waals surface area contributed by atoms with Gasteiger partial charge < -0.3 is 23.5 Å². The quantitative estimate of drug-likeness (QED) is 0.678. The number of carbonyl (C=O) groups is 1. The van der Waals surface area contributed by atoms with Gasteiger partial charge in [-0.15, -0.1) is 10.2 Å². The number of likely N-dealkylation sites (tertiary alicyclic amines) is 1. The number of carbonyl (C=O) groups excluding carboxylic acids is 1. The van der Waals surface area contributed by atoms with Gasteiger partial charge in [0.2, 0.25) is 11.8 Å². The van der Waals surface area contributed by atoms with Crippen molar-refractivity contribution in [1.29, 1.82) is 0 Å². The van der Waals surface area contributed by atoms with Gasteiger partial charge in [-0.25, -0.2) is 0 Å². The number of hydrogen-bond donors (Lipinski definition) is 0. The van der Waals surface area contributed by atoms with Gasteiger partial charge in [-0.3, -0.25) is 4.79 Å². The van der Waals surface area contributed by atoms with E-state index >= 15 is 0 Å². The second-order valence-corrected chi connectivity index (χ2v) is 7.65. The van der Waals surface area contributed by atoms with Crippen LogP contribution < -0.4 is 4.74 Å². The van der Waals surface area contributed by atoms with Gasteiger partial charge in [-0.2, -0.15) is 0 Å². The summed E-state index contributed by atoms with van der Waals surface area (Å²) in [6.45, 7) is 2.80. The molecule has 2 fully saturated rings. The predicted molar refractivity (Wildman–Crippen MR) is 102 cm³/mol. The molecule has 8 nitrogen and oxygen atoms in total. The molecule has 2 aliphatic rings. The van der Waals surface area contributed by atoms with E-state index in [1.807, 2.05) is 29.2 Å².